The number of methoxy groups -OCH3 is 1. The molecule has 2 aromatic rings. The first-order chi connectivity index (χ1) is 8.19. The summed E-state index contributed by atoms with van der Waals surface area (Å²) in [6.45, 7) is 0. The number of rotatable bonds is 3. The van der Waals surface area contributed by atoms with Crippen LogP contribution in [0.2, 0.25) is 0 Å². The molecule has 0 aliphatic heterocycles. The van der Waals surface area contributed by atoms with Crippen LogP contribution < -0.4 is 5.32 Å². The van der Waals surface area contributed by atoms with Crippen LogP contribution in [0.15, 0.2) is 24.3 Å². The van der Waals surface area contributed by atoms with Gasteiger partial charge in [-0.2, -0.15) is 0 Å². The minimum Gasteiger partial charge on any atom is -0.465 e. The molecule has 0 unspecified atom stereocenters. The number of hydrogen-bond acceptors (Lipinski definition) is 6. The summed E-state index contributed by atoms with van der Waals surface area (Å²) in [5.74, 6) is -0.355. The zero-order valence-corrected chi connectivity index (χ0v) is 10.5. The van der Waals surface area contributed by atoms with E-state index in [2.05, 4.69) is 20.3 Å². The monoisotopic (exact) mass is 267 g/mol. The van der Waals surface area contributed by atoms with E-state index in [1.165, 1.54) is 18.4 Å². The molecule has 0 bridgehead atoms. The summed E-state index contributed by atoms with van der Waals surface area (Å²) in [5.41, 5.74) is 1.34. The molecule has 2 N–H and O–H groups in total. The maximum absolute atomic E-state index is 11.2. The molecule has 0 amide bonds. The van der Waals surface area contributed by atoms with Crippen LogP contribution in [0.3, 0.4) is 0 Å². The van der Waals surface area contributed by atoms with Crippen LogP contribution in [0.5, 0.6) is 0 Å². The molecule has 1 heterocycles. The van der Waals surface area contributed by atoms with Crippen LogP contribution in [-0.2, 0) is 4.74 Å². The quantitative estimate of drug-likeness (QED) is 0.661. The van der Waals surface area contributed by atoms with Crippen molar-refractivity contribution in [2.24, 2.45) is 0 Å². The number of hydrogen-bond donors (Lipinski definition) is 2. The molecule has 7 heteroatoms. The highest BCUT2D eigenvalue weighted by atomic mass is 32.1. The molecule has 1 aromatic heterocycles. The van der Waals surface area contributed by atoms with Crippen molar-refractivity contribution in [1.82, 2.24) is 10.2 Å². The molecule has 0 spiro atoms. The van der Waals surface area contributed by atoms with Gasteiger partial charge in [0.2, 0.25) is 5.13 Å². The molecular weight excluding hydrogens is 258 g/mol. The SMILES string of the molecule is COC(=O)c1ccc(Nc2n[nH]c(=S)s2)cc1. The Bertz CT molecular complexity index is 574. The highest BCUT2D eigenvalue weighted by Crippen LogP contribution is 2.19. The first-order valence-corrected chi connectivity index (χ1v) is 5.92. The van der Waals surface area contributed by atoms with Crippen LogP contribution >= 0.6 is 23.6 Å². The van der Waals surface area contributed by atoms with Crippen molar-refractivity contribution < 1.29 is 9.53 Å². The summed E-state index contributed by atoms with van der Waals surface area (Å²) in [6.07, 6.45) is 0. The number of nitrogens with zero attached hydrogens (tertiary/aromatic N) is 1. The lowest BCUT2D eigenvalue weighted by Crippen LogP contribution is -2.00. The van der Waals surface area contributed by atoms with Gasteiger partial charge < -0.3 is 10.1 Å². The van der Waals surface area contributed by atoms with Gasteiger partial charge in [0.05, 0.1) is 12.7 Å². The van der Waals surface area contributed by atoms with Crippen molar-refractivity contribution in [1.29, 1.82) is 0 Å². The van der Waals surface area contributed by atoms with E-state index in [4.69, 9.17) is 12.2 Å². The lowest BCUT2D eigenvalue weighted by Gasteiger charge is -2.03. The number of nitrogens with one attached hydrogen (secondary N) is 2. The lowest BCUT2D eigenvalue weighted by molar-refractivity contribution is 0.0601. The summed E-state index contributed by atoms with van der Waals surface area (Å²) in [5, 5.41) is 10.4. The Balaban J connectivity index is 2.13. The van der Waals surface area contributed by atoms with Gasteiger partial charge in [0.15, 0.2) is 3.95 Å². The molecule has 0 saturated heterocycles. The Morgan fingerprint density at radius 1 is 1.47 bits per heavy atom. The highest BCUT2D eigenvalue weighted by molar-refractivity contribution is 7.73. The zero-order valence-electron chi connectivity index (χ0n) is 8.89. The average molecular weight is 267 g/mol. The number of benzene rings is 1. The van der Waals surface area contributed by atoms with Crippen molar-refractivity contribution in [2.45, 2.75) is 0 Å². The minimum absolute atomic E-state index is 0.355. The maximum atomic E-state index is 11.2. The Kier molecular flexibility index (Phi) is 3.50. The summed E-state index contributed by atoms with van der Waals surface area (Å²) in [4.78, 5) is 11.2. The molecule has 0 aliphatic carbocycles. The molecule has 1 aromatic carbocycles. The fraction of sp³-hybridized carbons (Fsp3) is 0.100. The standard InChI is InChI=1S/C10H9N3O2S2/c1-15-8(14)6-2-4-7(5-3-6)11-9-12-13-10(16)17-9/h2-5H,1H3,(H,11,12)(H,13,16). The minimum atomic E-state index is -0.355. The van der Waals surface area contributed by atoms with E-state index in [0.29, 0.717) is 14.6 Å². The molecule has 88 valence electrons. The van der Waals surface area contributed by atoms with E-state index in [0.717, 1.165) is 5.69 Å². The van der Waals surface area contributed by atoms with Crippen molar-refractivity contribution in [3.63, 3.8) is 0 Å². The van der Waals surface area contributed by atoms with E-state index < -0.39 is 0 Å². The molecule has 0 aliphatic rings. The predicted octanol–water partition coefficient (Wildman–Crippen LogP) is 2.73. The van der Waals surface area contributed by atoms with Crippen molar-refractivity contribution in [3.05, 3.63) is 33.8 Å². The molecule has 5 nitrogen and oxygen atoms in total. The summed E-state index contributed by atoms with van der Waals surface area (Å²) in [6, 6.07) is 6.91. The van der Waals surface area contributed by atoms with Crippen LogP contribution in [0.1, 0.15) is 10.4 Å². The van der Waals surface area contributed by atoms with Crippen LogP contribution in [0, 0.1) is 3.95 Å². The van der Waals surface area contributed by atoms with Gasteiger partial charge in [-0.25, -0.2) is 4.79 Å². The zero-order chi connectivity index (χ0) is 12.3. The number of aromatic nitrogens is 2. The van der Waals surface area contributed by atoms with Gasteiger partial charge in [0, 0.05) is 5.69 Å². The number of anilines is 2. The fourth-order valence-electron chi connectivity index (χ4n) is 1.21. The summed E-state index contributed by atoms with van der Waals surface area (Å²) < 4.78 is 5.22. The van der Waals surface area contributed by atoms with Crippen LogP contribution in [0.25, 0.3) is 0 Å². The van der Waals surface area contributed by atoms with Gasteiger partial charge in [-0.1, -0.05) is 11.3 Å². The van der Waals surface area contributed by atoms with Gasteiger partial charge >= 0.3 is 5.97 Å². The largest absolute Gasteiger partial charge is 0.465 e. The Hall–Kier alpha value is -1.73. The molecule has 0 saturated carbocycles. The number of esters is 1. The number of ether oxygens (including phenoxy) is 1. The summed E-state index contributed by atoms with van der Waals surface area (Å²) >= 11 is 6.26. The molecule has 0 radical (unpaired) electrons. The van der Waals surface area contributed by atoms with Crippen molar-refractivity contribution in [2.75, 3.05) is 12.4 Å². The normalized spacial score (nSPS) is 9.94. The van der Waals surface area contributed by atoms with E-state index in [1.54, 1.807) is 24.3 Å². The Morgan fingerprint density at radius 2 is 2.18 bits per heavy atom. The number of aromatic amines is 1. The van der Waals surface area contributed by atoms with Crippen LogP contribution in [0.4, 0.5) is 10.8 Å². The maximum Gasteiger partial charge on any atom is 0.337 e. The van der Waals surface area contributed by atoms with E-state index >= 15 is 0 Å². The molecule has 0 fully saturated rings. The third kappa shape index (κ3) is 2.89. The second-order valence-electron chi connectivity index (χ2n) is 3.11. The second kappa shape index (κ2) is 5.07. The topological polar surface area (TPSA) is 67.0 Å². The Morgan fingerprint density at radius 3 is 2.71 bits per heavy atom. The number of carbonyl (C=O) groups excluding carboxylic acids is 1. The first-order valence-electron chi connectivity index (χ1n) is 4.70. The fourth-order valence-corrected chi connectivity index (χ4v) is 2.02. The lowest BCUT2D eigenvalue weighted by atomic mass is 10.2. The van der Waals surface area contributed by atoms with Gasteiger partial charge in [0.25, 0.3) is 0 Å². The van der Waals surface area contributed by atoms with Gasteiger partial charge in [-0.05, 0) is 36.5 Å². The van der Waals surface area contributed by atoms with Crippen molar-refractivity contribution in [3.8, 4) is 0 Å². The van der Waals surface area contributed by atoms with Crippen LogP contribution in [-0.4, -0.2) is 23.3 Å². The molecule has 0 atom stereocenters. The van der Waals surface area contributed by atoms with E-state index in [-0.39, 0.29) is 5.97 Å². The van der Waals surface area contributed by atoms with Crippen molar-refractivity contribution >= 4 is 40.3 Å². The smallest absolute Gasteiger partial charge is 0.337 e. The summed E-state index contributed by atoms with van der Waals surface area (Å²) in [7, 11) is 1.35. The van der Waals surface area contributed by atoms with E-state index in [1.807, 2.05) is 0 Å². The predicted molar refractivity (Wildman–Crippen MR) is 68.4 cm³/mol. The van der Waals surface area contributed by atoms with E-state index in [9.17, 15) is 4.79 Å². The van der Waals surface area contributed by atoms with Gasteiger partial charge in [0.1, 0.15) is 0 Å². The molecular formula is C10H9N3O2S2. The number of carbonyl (C=O) groups is 1. The second-order valence-corrected chi connectivity index (χ2v) is 4.78. The molecule has 2 rings (SSSR count). The third-order valence-corrected chi connectivity index (χ3v) is 3.00. The third-order valence-electron chi connectivity index (χ3n) is 2.00. The average Bonchev–Trinajstić information content (AvgIpc) is 2.75. The number of H-pyrrole nitrogens is 1. The van der Waals surface area contributed by atoms with Gasteiger partial charge in [-0.3, -0.25) is 5.10 Å². The molecule has 17 heavy (non-hydrogen) atoms. The first kappa shape index (κ1) is 11.7. The highest BCUT2D eigenvalue weighted by Gasteiger charge is 2.04. The van der Waals surface area contributed by atoms with Gasteiger partial charge in [-0.15, -0.1) is 5.10 Å². The Labute approximate surface area is 106 Å².